The van der Waals surface area contributed by atoms with E-state index in [1.165, 1.54) is 25.3 Å². The second kappa shape index (κ2) is 7.85. The molecule has 0 saturated heterocycles. The maximum absolute atomic E-state index is 12.0. The lowest BCUT2D eigenvalue weighted by Gasteiger charge is -2.11. The fourth-order valence-corrected chi connectivity index (χ4v) is 2.46. The van der Waals surface area contributed by atoms with E-state index in [1.54, 1.807) is 18.2 Å². The molecule has 0 atom stereocenters. The lowest BCUT2D eigenvalue weighted by atomic mass is 10.2. The highest BCUT2D eigenvalue weighted by molar-refractivity contribution is 6.35. The third kappa shape index (κ3) is 4.74. The molecule has 2 aromatic rings. The Labute approximate surface area is 147 Å². The smallest absolute Gasteiger partial charge is 0.273 e. The molecule has 0 saturated carbocycles. The van der Waals surface area contributed by atoms with Crippen LogP contribution in [0.2, 0.25) is 10.0 Å². The first-order valence-electron chi connectivity index (χ1n) is 6.71. The lowest BCUT2D eigenvalue weighted by molar-refractivity contribution is -0.384. The fourth-order valence-electron chi connectivity index (χ4n) is 1.93. The van der Waals surface area contributed by atoms with Gasteiger partial charge in [-0.05, 0) is 24.3 Å². The van der Waals surface area contributed by atoms with Crippen LogP contribution >= 0.6 is 23.2 Å². The number of hydrogen-bond donors (Lipinski definition) is 2. The number of rotatable bonds is 6. The Morgan fingerprint density at radius 3 is 2.46 bits per heavy atom. The molecule has 0 aliphatic heterocycles. The monoisotopic (exact) mass is 369 g/mol. The van der Waals surface area contributed by atoms with E-state index < -0.39 is 4.92 Å². The van der Waals surface area contributed by atoms with Gasteiger partial charge in [-0.25, -0.2) is 0 Å². The second-order valence-corrected chi connectivity index (χ2v) is 5.57. The number of amides is 1. The zero-order valence-corrected chi connectivity index (χ0v) is 14.0. The van der Waals surface area contributed by atoms with Gasteiger partial charge in [0.15, 0.2) is 0 Å². The van der Waals surface area contributed by atoms with Crippen LogP contribution in [0.15, 0.2) is 36.4 Å². The molecule has 1 amide bonds. The number of carbonyl (C=O) groups is 1. The molecule has 0 unspecified atom stereocenters. The Bertz CT molecular complexity index is 763. The van der Waals surface area contributed by atoms with Gasteiger partial charge < -0.3 is 15.4 Å². The molecule has 0 radical (unpaired) electrons. The Balaban J connectivity index is 2.03. The van der Waals surface area contributed by atoms with Crippen molar-refractivity contribution in [1.82, 2.24) is 0 Å². The van der Waals surface area contributed by atoms with E-state index in [0.29, 0.717) is 21.4 Å². The number of nitro benzene ring substituents is 1. The number of benzene rings is 2. The van der Waals surface area contributed by atoms with E-state index in [-0.39, 0.29) is 23.9 Å². The molecular formula is C15H13Cl2N3O4. The number of non-ortho nitro benzene ring substituents is 1. The van der Waals surface area contributed by atoms with Crippen molar-refractivity contribution in [2.45, 2.75) is 0 Å². The number of hydrogen-bond acceptors (Lipinski definition) is 5. The standard InChI is InChI=1S/C15H13Cl2N3O4/c1-24-14-7-12(20(22)23)2-3-13(14)19-15(21)8-18-11-5-9(16)4-10(17)6-11/h2-7,18H,8H2,1H3,(H,19,21). The average molecular weight is 370 g/mol. The lowest BCUT2D eigenvalue weighted by Crippen LogP contribution is -2.22. The number of nitrogens with zero attached hydrogens (tertiary/aromatic N) is 1. The predicted molar refractivity (Wildman–Crippen MR) is 93.2 cm³/mol. The molecule has 0 heterocycles. The van der Waals surface area contributed by atoms with Gasteiger partial charge in [0.2, 0.25) is 5.91 Å². The molecular weight excluding hydrogens is 357 g/mol. The van der Waals surface area contributed by atoms with Crippen molar-refractivity contribution in [3.8, 4) is 5.75 Å². The molecule has 7 nitrogen and oxygen atoms in total. The average Bonchev–Trinajstić information content (AvgIpc) is 2.52. The van der Waals surface area contributed by atoms with Gasteiger partial charge in [-0.15, -0.1) is 0 Å². The Hall–Kier alpha value is -2.51. The van der Waals surface area contributed by atoms with E-state index in [2.05, 4.69) is 10.6 Å². The molecule has 126 valence electrons. The van der Waals surface area contributed by atoms with Crippen molar-refractivity contribution in [3.05, 3.63) is 56.6 Å². The van der Waals surface area contributed by atoms with Crippen LogP contribution in [0.25, 0.3) is 0 Å². The maximum Gasteiger partial charge on any atom is 0.273 e. The molecule has 2 N–H and O–H groups in total. The van der Waals surface area contributed by atoms with Crippen molar-refractivity contribution in [3.63, 3.8) is 0 Å². The van der Waals surface area contributed by atoms with Crippen LogP contribution in [0.4, 0.5) is 17.1 Å². The highest BCUT2D eigenvalue weighted by atomic mass is 35.5. The van der Waals surface area contributed by atoms with E-state index in [1.807, 2.05) is 0 Å². The number of halogens is 2. The van der Waals surface area contributed by atoms with E-state index in [4.69, 9.17) is 27.9 Å². The number of methoxy groups -OCH3 is 1. The number of nitro groups is 1. The number of nitrogens with one attached hydrogen (secondary N) is 2. The maximum atomic E-state index is 12.0. The van der Waals surface area contributed by atoms with Crippen LogP contribution in [0.5, 0.6) is 5.75 Å². The topological polar surface area (TPSA) is 93.5 Å². The van der Waals surface area contributed by atoms with Crippen LogP contribution in [0, 0.1) is 10.1 Å². The van der Waals surface area contributed by atoms with Gasteiger partial charge in [0.05, 0.1) is 30.3 Å². The number of anilines is 2. The Morgan fingerprint density at radius 1 is 1.21 bits per heavy atom. The van der Waals surface area contributed by atoms with Crippen molar-refractivity contribution in [1.29, 1.82) is 0 Å². The molecule has 2 rings (SSSR count). The van der Waals surface area contributed by atoms with Gasteiger partial charge in [-0.2, -0.15) is 0 Å². The quantitative estimate of drug-likeness (QED) is 0.593. The summed E-state index contributed by atoms with van der Waals surface area (Å²) in [5, 5.41) is 17.1. The molecule has 9 heteroatoms. The molecule has 0 spiro atoms. The largest absolute Gasteiger partial charge is 0.494 e. The second-order valence-electron chi connectivity index (χ2n) is 4.70. The summed E-state index contributed by atoms with van der Waals surface area (Å²) in [7, 11) is 1.36. The Morgan fingerprint density at radius 2 is 1.88 bits per heavy atom. The Kier molecular flexibility index (Phi) is 5.83. The summed E-state index contributed by atoms with van der Waals surface area (Å²) < 4.78 is 5.06. The van der Waals surface area contributed by atoms with E-state index in [0.717, 1.165) is 0 Å². The highest BCUT2D eigenvalue weighted by Gasteiger charge is 2.13. The molecule has 0 aromatic heterocycles. The minimum atomic E-state index is -0.543. The van der Waals surface area contributed by atoms with Gasteiger partial charge in [-0.3, -0.25) is 14.9 Å². The minimum absolute atomic E-state index is 0.0448. The van der Waals surface area contributed by atoms with Crippen LogP contribution in [0.1, 0.15) is 0 Å². The van der Waals surface area contributed by atoms with Crippen molar-refractivity contribution in [2.75, 3.05) is 24.3 Å². The first-order chi connectivity index (χ1) is 11.4. The summed E-state index contributed by atoms with van der Waals surface area (Å²) in [5.74, 6) is -0.165. The third-order valence-electron chi connectivity index (χ3n) is 2.99. The number of carbonyl (C=O) groups excluding carboxylic acids is 1. The third-order valence-corrected chi connectivity index (χ3v) is 3.42. The SMILES string of the molecule is COc1cc([N+](=O)[O-])ccc1NC(=O)CNc1cc(Cl)cc(Cl)c1. The highest BCUT2D eigenvalue weighted by Crippen LogP contribution is 2.29. The van der Waals surface area contributed by atoms with E-state index in [9.17, 15) is 14.9 Å². The van der Waals surface area contributed by atoms with Gasteiger partial charge >= 0.3 is 0 Å². The fraction of sp³-hybridized carbons (Fsp3) is 0.133. The van der Waals surface area contributed by atoms with Crippen LogP contribution in [-0.4, -0.2) is 24.5 Å². The van der Waals surface area contributed by atoms with E-state index >= 15 is 0 Å². The minimum Gasteiger partial charge on any atom is -0.494 e. The normalized spacial score (nSPS) is 10.1. The van der Waals surface area contributed by atoms with Gasteiger partial charge in [0.1, 0.15) is 5.75 Å². The van der Waals surface area contributed by atoms with Gasteiger partial charge in [-0.1, -0.05) is 23.2 Å². The summed E-state index contributed by atoms with van der Waals surface area (Å²) in [6.45, 7) is -0.0448. The molecule has 0 fully saturated rings. The molecule has 24 heavy (non-hydrogen) atoms. The first-order valence-corrected chi connectivity index (χ1v) is 7.47. The first kappa shape index (κ1) is 17.8. The van der Waals surface area contributed by atoms with Crippen LogP contribution in [-0.2, 0) is 4.79 Å². The summed E-state index contributed by atoms with van der Waals surface area (Å²) in [5.41, 5.74) is 0.800. The number of ether oxygens (including phenoxy) is 1. The van der Waals surface area contributed by atoms with Crippen molar-refractivity contribution >= 4 is 46.2 Å². The summed E-state index contributed by atoms with van der Waals surface area (Å²) in [4.78, 5) is 22.2. The van der Waals surface area contributed by atoms with Crippen LogP contribution in [0.3, 0.4) is 0 Å². The molecule has 2 aromatic carbocycles. The van der Waals surface area contributed by atoms with Crippen molar-refractivity contribution in [2.24, 2.45) is 0 Å². The molecule has 0 bridgehead atoms. The summed E-state index contributed by atoms with van der Waals surface area (Å²) in [6, 6.07) is 8.77. The van der Waals surface area contributed by atoms with Crippen molar-refractivity contribution < 1.29 is 14.5 Å². The van der Waals surface area contributed by atoms with Crippen LogP contribution < -0.4 is 15.4 Å². The zero-order valence-electron chi connectivity index (χ0n) is 12.5. The molecule has 0 aliphatic carbocycles. The zero-order chi connectivity index (χ0) is 17.7. The predicted octanol–water partition coefficient (Wildman–Crippen LogP) is 3.96. The van der Waals surface area contributed by atoms with Gasteiger partial charge in [0, 0.05) is 21.8 Å². The van der Waals surface area contributed by atoms with Gasteiger partial charge in [0.25, 0.3) is 5.69 Å². The summed E-state index contributed by atoms with van der Waals surface area (Å²) >= 11 is 11.8. The summed E-state index contributed by atoms with van der Waals surface area (Å²) in [6.07, 6.45) is 0. The molecule has 0 aliphatic rings.